The normalized spacial score (nSPS) is 12.4. The minimum Gasteiger partial charge on any atom is -0.519 e. The summed E-state index contributed by atoms with van der Waals surface area (Å²) in [5.41, 5.74) is 1.89. The second kappa shape index (κ2) is 5.77. The Bertz CT molecular complexity index is 407. The van der Waals surface area contributed by atoms with Crippen molar-refractivity contribution in [3.63, 3.8) is 0 Å². The third-order valence-corrected chi connectivity index (χ3v) is 2.90. The molecule has 0 atom stereocenters. The lowest BCUT2D eigenvalue weighted by Gasteiger charge is -2.16. The molecule has 0 fully saturated rings. The fourth-order valence-corrected chi connectivity index (χ4v) is 2.08. The standard InChI is InChI=1S/C13H19NO2Si/c1-11(12-8-6-5-7-9-12)14-10-13(15)16-17(2,3)4/h5-9H,10H2,1-4H3. The monoisotopic (exact) mass is 249 g/mol. The summed E-state index contributed by atoms with van der Waals surface area (Å²) in [7, 11) is -1.79. The molecule has 0 unspecified atom stereocenters. The lowest BCUT2D eigenvalue weighted by Crippen LogP contribution is -2.30. The molecule has 0 saturated heterocycles. The van der Waals surface area contributed by atoms with Crippen molar-refractivity contribution in [2.75, 3.05) is 6.54 Å². The van der Waals surface area contributed by atoms with E-state index >= 15 is 0 Å². The van der Waals surface area contributed by atoms with Gasteiger partial charge in [-0.15, -0.1) is 0 Å². The van der Waals surface area contributed by atoms with Gasteiger partial charge in [0.1, 0.15) is 6.54 Å². The number of carbonyl (C=O) groups is 1. The topological polar surface area (TPSA) is 38.7 Å². The SMILES string of the molecule is CC(=NCC(=O)O[Si](C)(C)C)c1ccccc1. The molecule has 17 heavy (non-hydrogen) atoms. The van der Waals surface area contributed by atoms with Crippen LogP contribution in [0.4, 0.5) is 0 Å². The van der Waals surface area contributed by atoms with Crippen molar-refractivity contribution in [3.8, 4) is 0 Å². The molecule has 0 aromatic heterocycles. The molecule has 1 aromatic rings. The van der Waals surface area contributed by atoms with Crippen LogP contribution in [0.1, 0.15) is 12.5 Å². The average molecular weight is 249 g/mol. The first kappa shape index (κ1) is 13.6. The summed E-state index contributed by atoms with van der Waals surface area (Å²) in [6.07, 6.45) is 0. The Balaban J connectivity index is 2.57. The van der Waals surface area contributed by atoms with Crippen molar-refractivity contribution in [2.45, 2.75) is 26.6 Å². The van der Waals surface area contributed by atoms with E-state index in [0.29, 0.717) is 0 Å². The van der Waals surface area contributed by atoms with E-state index in [9.17, 15) is 4.79 Å². The first-order valence-corrected chi connectivity index (χ1v) is 9.07. The van der Waals surface area contributed by atoms with Gasteiger partial charge in [-0.3, -0.25) is 9.79 Å². The molecule has 0 radical (unpaired) electrons. The van der Waals surface area contributed by atoms with Gasteiger partial charge in [0.25, 0.3) is 0 Å². The highest BCUT2D eigenvalue weighted by Gasteiger charge is 2.19. The second-order valence-electron chi connectivity index (χ2n) is 4.85. The molecule has 0 aliphatic heterocycles. The molecule has 0 aliphatic carbocycles. The van der Waals surface area contributed by atoms with Crippen LogP contribution in [0.25, 0.3) is 0 Å². The number of rotatable bonds is 4. The highest BCUT2D eigenvalue weighted by molar-refractivity contribution is 6.71. The van der Waals surface area contributed by atoms with Crippen LogP contribution in [0, 0.1) is 0 Å². The highest BCUT2D eigenvalue weighted by Crippen LogP contribution is 2.04. The van der Waals surface area contributed by atoms with Gasteiger partial charge in [-0.25, -0.2) is 0 Å². The maximum atomic E-state index is 11.5. The average Bonchev–Trinajstić information content (AvgIpc) is 2.25. The summed E-state index contributed by atoms with van der Waals surface area (Å²) in [4.78, 5) is 15.7. The van der Waals surface area contributed by atoms with Gasteiger partial charge in [0, 0.05) is 5.71 Å². The Hall–Kier alpha value is -1.42. The first-order chi connectivity index (χ1) is 7.88. The zero-order valence-corrected chi connectivity index (χ0v) is 11.9. The predicted molar refractivity (Wildman–Crippen MR) is 73.0 cm³/mol. The van der Waals surface area contributed by atoms with Gasteiger partial charge >= 0.3 is 5.97 Å². The van der Waals surface area contributed by atoms with E-state index in [0.717, 1.165) is 11.3 Å². The maximum absolute atomic E-state index is 11.5. The van der Waals surface area contributed by atoms with Gasteiger partial charge in [-0.05, 0) is 32.1 Å². The van der Waals surface area contributed by atoms with Crippen LogP contribution in [0.15, 0.2) is 35.3 Å². The second-order valence-corrected chi connectivity index (χ2v) is 9.28. The van der Waals surface area contributed by atoms with Gasteiger partial charge in [-0.1, -0.05) is 30.3 Å². The van der Waals surface area contributed by atoms with E-state index < -0.39 is 8.32 Å². The molecule has 92 valence electrons. The molecule has 0 spiro atoms. The molecule has 0 heterocycles. The summed E-state index contributed by atoms with van der Waals surface area (Å²) in [6, 6.07) is 9.81. The molecule has 0 bridgehead atoms. The van der Waals surface area contributed by atoms with Crippen molar-refractivity contribution in [1.82, 2.24) is 0 Å². The van der Waals surface area contributed by atoms with Crippen molar-refractivity contribution in [3.05, 3.63) is 35.9 Å². The smallest absolute Gasteiger partial charge is 0.314 e. The molecule has 0 aliphatic rings. The summed E-state index contributed by atoms with van der Waals surface area (Å²) < 4.78 is 5.32. The number of hydrogen-bond acceptors (Lipinski definition) is 3. The Morgan fingerprint density at radius 2 is 1.82 bits per heavy atom. The van der Waals surface area contributed by atoms with Gasteiger partial charge in [0.2, 0.25) is 8.32 Å². The van der Waals surface area contributed by atoms with Crippen molar-refractivity contribution in [2.24, 2.45) is 4.99 Å². The molecule has 0 saturated carbocycles. The van der Waals surface area contributed by atoms with Crippen LogP contribution >= 0.6 is 0 Å². The maximum Gasteiger partial charge on any atom is 0.314 e. The van der Waals surface area contributed by atoms with Crippen molar-refractivity contribution in [1.29, 1.82) is 0 Å². The van der Waals surface area contributed by atoms with Gasteiger partial charge in [-0.2, -0.15) is 0 Å². The number of nitrogens with zero attached hydrogens (tertiary/aromatic N) is 1. The number of aliphatic imine (C=N–C) groups is 1. The quantitative estimate of drug-likeness (QED) is 0.608. The van der Waals surface area contributed by atoms with Gasteiger partial charge in [0.15, 0.2) is 0 Å². The molecule has 1 rings (SSSR count). The first-order valence-electron chi connectivity index (χ1n) is 5.67. The van der Waals surface area contributed by atoms with Crippen LogP contribution in [0.5, 0.6) is 0 Å². The fraction of sp³-hybridized carbons (Fsp3) is 0.385. The van der Waals surface area contributed by atoms with Crippen LogP contribution < -0.4 is 0 Å². The Kier molecular flexibility index (Phi) is 4.63. The van der Waals surface area contributed by atoms with Gasteiger partial charge < -0.3 is 4.43 Å². The predicted octanol–water partition coefficient (Wildman–Crippen LogP) is 2.87. The third kappa shape index (κ3) is 5.45. The summed E-state index contributed by atoms with van der Waals surface area (Å²) in [5.74, 6) is -0.237. The zero-order valence-electron chi connectivity index (χ0n) is 10.9. The molecule has 0 N–H and O–H groups in total. The number of hydrogen-bond donors (Lipinski definition) is 0. The summed E-state index contributed by atoms with van der Waals surface area (Å²) >= 11 is 0. The number of benzene rings is 1. The minimum absolute atomic E-state index is 0.102. The lowest BCUT2D eigenvalue weighted by molar-refractivity contribution is -0.133. The Labute approximate surface area is 104 Å². The Morgan fingerprint density at radius 3 is 2.35 bits per heavy atom. The third-order valence-electron chi connectivity index (χ3n) is 2.06. The van der Waals surface area contributed by atoms with E-state index in [2.05, 4.69) is 4.99 Å². The van der Waals surface area contributed by atoms with E-state index in [1.165, 1.54) is 0 Å². The molecule has 0 amide bonds. The van der Waals surface area contributed by atoms with E-state index in [-0.39, 0.29) is 12.5 Å². The van der Waals surface area contributed by atoms with Crippen LogP contribution in [0.2, 0.25) is 19.6 Å². The summed E-state index contributed by atoms with van der Waals surface area (Å²) in [5, 5.41) is 0. The van der Waals surface area contributed by atoms with E-state index in [1.54, 1.807) is 0 Å². The number of carbonyl (C=O) groups excluding carboxylic acids is 1. The molecule has 3 nitrogen and oxygen atoms in total. The molecule has 1 aromatic carbocycles. The fourth-order valence-electron chi connectivity index (χ4n) is 1.33. The van der Waals surface area contributed by atoms with Crippen LogP contribution in [-0.2, 0) is 9.22 Å². The van der Waals surface area contributed by atoms with Crippen LogP contribution in [-0.4, -0.2) is 26.5 Å². The lowest BCUT2D eigenvalue weighted by atomic mass is 10.1. The Morgan fingerprint density at radius 1 is 1.24 bits per heavy atom. The zero-order chi connectivity index (χ0) is 12.9. The van der Waals surface area contributed by atoms with Gasteiger partial charge in [0.05, 0.1) is 0 Å². The van der Waals surface area contributed by atoms with Crippen molar-refractivity contribution >= 4 is 20.0 Å². The highest BCUT2D eigenvalue weighted by atomic mass is 28.4. The minimum atomic E-state index is -1.79. The molecular formula is C13H19NO2Si. The summed E-state index contributed by atoms with van der Waals surface area (Å²) in [6.45, 7) is 7.96. The van der Waals surface area contributed by atoms with Crippen LogP contribution in [0.3, 0.4) is 0 Å². The van der Waals surface area contributed by atoms with E-state index in [1.807, 2.05) is 56.9 Å². The molecular weight excluding hydrogens is 230 g/mol. The van der Waals surface area contributed by atoms with E-state index in [4.69, 9.17) is 4.43 Å². The largest absolute Gasteiger partial charge is 0.519 e. The van der Waals surface area contributed by atoms with Crippen molar-refractivity contribution < 1.29 is 9.22 Å². The molecule has 4 heteroatoms.